The van der Waals surface area contributed by atoms with Crippen molar-refractivity contribution in [2.45, 2.75) is 23.6 Å². The molecule has 0 amide bonds. The van der Waals surface area contributed by atoms with Crippen LogP contribution in [0.15, 0.2) is 150 Å². The van der Waals surface area contributed by atoms with Gasteiger partial charge in [0, 0.05) is 68.6 Å². The number of nitro groups is 2. The number of phenols is 1. The number of nitro benzene ring substituents is 2. The molecule has 19 heteroatoms. The largest absolute Gasteiger partial charge is 0.508 e. The lowest BCUT2D eigenvalue weighted by Gasteiger charge is -2.10. The molecule has 0 atom stereocenters. The summed E-state index contributed by atoms with van der Waals surface area (Å²) in [4.78, 5) is 43.1. The molecule has 2 heterocycles. The average Bonchev–Trinajstić information content (AvgIpc) is 3.16. The third-order valence-electron chi connectivity index (χ3n) is 8.71. The number of halogens is 1. The van der Waals surface area contributed by atoms with Gasteiger partial charge in [0.1, 0.15) is 27.6 Å². The smallest absolute Gasteiger partial charge is 0.339 e. The third-order valence-corrected chi connectivity index (χ3v) is 11.4. The van der Waals surface area contributed by atoms with E-state index in [1.807, 2.05) is 6.92 Å². The molecule has 0 aliphatic rings. The van der Waals surface area contributed by atoms with Gasteiger partial charge in [0.2, 0.25) is 0 Å². The van der Waals surface area contributed by atoms with Crippen LogP contribution in [0.3, 0.4) is 0 Å². The molecular weight excluding hydrogens is 832 g/mol. The number of nitrogens with zero attached hydrogens (tertiary/aromatic N) is 2. The van der Waals surface area contributed by atoms with Crippen molar-refractivity contribution in [2.24, 2.45) is 0 Å². The number of fused-ring (bicyclic) bond motifs is 4. The van der Waals surface area contributed by atoms with Crippen molar-refractivity contribution in [3.8, 4) is 11.5 Å². The molecule has 0 bridgehead atoms. The van der Waals surface area contributed by atoms with Gasteiger partial charge < -0.3 is 18.1 Å². The minimum absolute atomic E-state index is 0.0475. The molecule has 2 aromatic heterocycles. The monoisotopic (exact) mass is 858 g/mol. The number of benzene rings is 6. The molecular formula is C40H27ClN2O14S2. The highest BCUT2D eigenvalue weighted by Crippen LogP contribution is 2.34. The van der Waals surface area contributed by atoms with Crippen LogP contribution in [0.2, 0.25) is 0 Å². The second-order valence-corrected chi connectivity index (χ2v) is 16.6. The predicted octanol–water partition coefficient (Wildman–Crippen LogP) is 8.41. The maximum Gasteiger partial charge on any atom is 0.339 e. The lowest BCUT2D eigenvalue weighted by Crippen LogP contribution is -2.11. The van der Waals surface area contributed by atoms with Gasteiger partial charge in [-0.3, -0.25) is 20.2 Å². The van der Waals surface area contributed by atoms with Crippen LogP contribution in [0, 0.1) is 34.1 Å². The van der Waals surface area contributed by atoms with Crippen molar-refractivity contribution in [3.63, 3.8) is 0 Å². The standard InChI is InChI=1S/C20H13NO7S.C10H6ClNO4S.C10H8O3/c1-12-10-20(22)27-18-11-13(6-7-14(12)18)28-29(25,26)19-9-8-17(21(23)24)15-4-2-3-5-16(15)19;11-17(15,16)10-6-5-9(12(13)14)7-3-1-2-4-8(7)10;1-6-4-10(12)13-9-5-7(11)2-3-8(6)9/h2-11H,1H3;1-6H;2-5,11H,1H3. The zero-order valence-corrected chi connectivity index (χ0v) is 32.8. The summed E-state index contributed by atoms with van der Waals surface area (Å²) < 4.78 is 63.7. The van der Waals surface area contributed by atoms with Gasteiger partial charge >= 0.3 is 21.4 Å². The van der Waals surface area contributed by atoms with E-state index in [0.717, 1.165) is 35.2 Å². The van der Waals surface area contributed by atoms with E-state index in [9.17, 15) is 46.7 Å². The van der Waals surface area contributed by atoms with E-state index in [2.05, 4.69) is 0 Å². The van der Waals surface area contributed by atoms with Gasteiger partial charge in [-0.1, -0.05) is 36.4 Å². The Morgan fingerprint density at radius 2 is 1.02 bits per heavy atom. The van der Waals surface area contributed by atoms with E-state index in [0.29, 0.717) is 16.5 Å². The van der Waals surface area contributed by atoms with Gasteiger partial charge in [0.05, 0.1) is 25.5 Å². The van der Waals surface area contributed by atoms with E-state index in [1.54, 1.807) is 49.4 Å². The zero-order valence-electron chi connectivity index (χ0n) is 30.4. The summed E-state index contributed by atoms with van der Waals surface area (Å²) in [6, 6.07) is 28.7. The van der Waals surface area contributed by atoms with Crippen LogP contribution in [-0.4, -0.2) is 31.8 Å². The SMILES string of the molecule is Cc1cc(=O)oc2cc(O)ccc12.Cc1cc(=O)oc2cc(OS(=O)(=O)c3ccc([N+](=O)[O-])c4ccccc34)ccc12.O=[N+]([O-])c1ccc(S(=O)(=O)Cl)c2ccccc12. The first-order valence-corrected chi connectivity index (χ1v) is 20.6. The lowest BCUT2D eigenvalue weighted by molar-refractivity contribution is -0.383. The molecule has 0 aliphatic carbocycles. The molecule has 300 valence electrons. The van der Waals surface area contributed by atoms with Crippen molar-refractivity contribution in [3.05, 3.63) is 174 Å². The van der Waals surface area contributed by atoms with Crippen LogP contribution in [0.25, 0.3) is 43.5 Å². The topological polar surface area (TPSA) is 244 Å². The van der Waals surface area contributed by atoms with Crippen LogP contribution < -0.4 is 15.4 Å². The molecule has 8 rings (SSSR count). The Kier molecular flexibility index (Phi) is 11.5. The maximum absolute atomic E-state index is 12.9. The lowest BCUT2D eigenvalue weighted by atomic mass is 10.1. The van der Waals surface area contributed by atoms with Crippen LogP contribution in [-0.2, 0) is 19.2 Å². The summed E-state index contributed by atoms with van der Waals surface area (Å²) in [6.07, 6.45) is 0. The highest BCUT2D eigenvalue weighted by Gasteiger charge is 2.24. The summed E-state index contributed by atoms with van der Waals surface area (Å²) in [7, 11) is -2.96. The van der Waals surface area contributed by atoms with Crippen LogP contribution in [0.4, 0.5) is 11.4 Å². The van der Waals surface area contributed by atoms with E-state index in [-0.39, 0.29) is 59.8 Å². The number of hydrogen-bond acceptors (Lipinski definition) is 14. The summed E-state index contributed by atoms with van der Waals surface area (Å²) in [5, 5.41) is 33.5. The van der Waals surface area contributed by atoms with E-state index >= 15 is 0 Å². The molecule has 0 aliphatic heterocycles. The van der Waals surface area contributed by atoms with Gasteiger partial charge in [-0.25, -0.2) is 18.0 Å². The summed E-state index contributed by atoms with van der Waals surface area (Å²) in [6.45, 7) is 3.57. The number of non-ortho nitro benzene ring substituents is 2. The summed E-state index contributed by atoms with van der Waals surface area (Å²) in [5.41, 5.74) is 0.846. The molecule has 59 heavy (non-hydrogen) atoms. The van der Waals surface area contributed by atoms with E-state index in [4.69, 9.17) is 28.8 Å². The summed E-state index contributed by atoms with van der Waals surface area (Å²) >= 11 is 0. The maximum atomic E-state index is 12.9. The average molecular weight is 859 g/mol. The van der Waals surface area contributed by atoms with Gasteiger partial charge in [0.25, 0.3) is 20.4 Å². The Hall–Kier alpha value is -7.15. The number of hydrogen-bond donors (Lipinski definition) is 1. The Bertz CT molecular complexity index is 3350. The van der Waals surface area contributed by atoms with Crippen molar-refractivity contribution < 1.29 is 44.8 Å². The first-order chi connectivity index (χ1) is 27.8. The second kappa shape index (κ2) is 16.4. The number of aromatic hydroxyl groups is 1. The molecule has 0 fully saturated rings. The zero-order chi connectivity index (χ0) is 42.8. The molecule has 0 saturated heterocycles. The fourth-order valence-corrected chi connectivity index (χ4v) is 8.31. The Morgan fingerprint density at radius 3 is 1.51 bits per heavy atom. The molecule has 0 radical (unpaired) electrons. The van der Waals surface area contributed by atoms with Gasteiger partial charge in [-0.15, -0.1) is 0 Å². The number of aryl methyl sites for hydroxylation is 2. The van der Waals surface area contributed by atoms with Crippen molar-refractivity contribution in [1.82, 2.24) is 0 Å². The van der Waals surface area contributed by atoms with Crippen molar-refractivity contribution in [1.29, 1.82) is 0 Å². The molecule has 0 spiro atoms. The Labute approximate surface area is 336 Å². The summed E-state index contributed by atoms with van der Waals surface area (Å²) in [5.74, 6) is 0.0509. The Balaban J connectivity index is 0.000000165. The van der Waals surface area contributed by atoms with Gasteiger partial charge in [0.15, 0.2) is 0 Å². The fourth-order valence-electron chi connectivity index (χ4n) is 6.10. The minimum atomic E-state index is -4.31. The van der Waals surface area contributed by atoms with Crippen molar-refractivity contribution in [2.75, 3.05) is 0 Å². The van der Waals surface area contributed by atoms with Gasteiger partial charge in [-0.2, -0.15) is 8.42 Å². The second-order valence-electron chi connectivity index (χ2n) is 12.6. The first kappa shape index (κ1) is 41.5. The van der Waals surface area contributed by atoms with Crippen LogP contribution in [0.1, 0.15) is 11.1 Å². The normalized spacial score (nSPS) is 11.4. The highest BCUT2D eigenvalue weighted by atomic mass is 35.7. The molecule has 8 aromatic rings. The molecule has 6 aromatic carbocycles. The molecule has 1 N–H and O–H groups in total. The number of rotatable bonds is 6. The molecule has 0 unspecified atom stereocenters. The predicted molar refractivity (Wildman–Crippen MR) is 218 cm³/mol. The van der Waals surface area contributed by atoms with E-state index in [1.165, 1.54) is 54.6 Å². The van der Waals surface area contributed by atoms with Gasteiger partial charge in [-0.05, 0) is 73.5 Å². The van der Waals surface area contributed by atoms with Crippen LogP contribution >= 0.6 is 10.7 Å². The minimum Gasteiger partial charge on any atom is -0.508 e. The Morgan fingerprint density at radius 1 is 0.576 bits per heavy atom. The first-order valence-electron chi connectivity index (χ1n) is 16.8. The molecule has 0 saturated carbocycles. The quantitative estimate of drug-likeness (QED) is 0.0542. The molecule has 16 nitrogen and oxygen atoms in total. The highest BCUT2D eigenvalue weighted by molar-refractivity contribution is 8.14. The van der Waals surface area contributed by atoms with Crippen LogP contribution in [0.5, 0.6) is 11.5 Å². The third kappa shape index (κ3) is 9.04. The van der Waals surface area contributed by atoms with E-state index < -0.39 is 40.3 Å². The van der Waals surface area contributed by atoms with Crippen molar-refractivity contribution >= 4 is 84.7 Å². The number of phenolic OH excluding ortho intramolecular Hbond substituents is 1. The fraction of sp³-hybridized carbons (Fsp3) is 0.0500.